The molecule has 2 rings (SSSR count). The normalized spacial score (nSPS) is 22.3. The molecular weight excluding hydrogens is 260 g/mol. The Morgan fingerprint density at radius 2 is 1.95 bits per heavy atom. The maximum absolute atomic E-state index is 5.24. The second-order valence-electron chi connectivity index (χ2n) is 6.07. The molecule has 0 spiro atoms. The van der Waals surface area contributed by atoms with Gasteiger partial charge in [-0.25, -0.2) is 0 Å². The van der Waals surface area contributed by atoms with Gasteiger partial charge >= 0.3 is 0 Å². The molecule has 0 aliphatic carbocycles. The number of methoxy groups -OCH3 is 1. The van der Waals surface area contributed by atoms with Crippen LogP contribution in [-0.4, -0.2) is 43.8 Å². The molecule has 0 aromatic heterocycles. The quantitative estimate of drug-likeness (QED) is 0.780. The van der Waals surface area contributed by atoms with Crippen molar-refractivity contribution in [3.63, 3.8) is 0 Å². The summed E-state index contributed by atoms with van der Waals surface area (Å²) in [7, 11) is 1.79. The highest BCUT2D eigenvalue weighted by Gasteiger charge is 2.38. The predicted octanol–water partition coefficient (Wildman–Crippen LogP) is 3.23. The molecule has 0 saturated carbocycles. The van der Waals surface area contributed by atoms with Gasteiger partial charge in [0.15, 0.2) is 0 Å². The Balaban J connectivity index is 2.08. The zero-order chi connectivity index (χ0) is 15.1. The van der Waals surface area contributed by atoms with Gasteiger partial charge in [-0.2, -0.15) is 0 Å². The summed E-state index contributed by atoms with van der Waals surface area (Å²) in [5, 5.41) is 3.78. The van der Waals surface area contributed by atoms with Gasteiger partial charge < -0.3 is 10.1 Å². The van der Waals surface area contributed by atoms with Crippen LogP contribution in [-0.2, 0) is 4.74 Å². The number of nitrogens with zero attached hydrogens (tertiary/aromatic N) is 1. The summed E-state index contributed by atoms with van der Waals surface area (Å²) >= 11 is 0. The summed E-state index contributed by atoms with van der Waals surface area (Å²) in [5.41, 5.74) is 1.70. The second-order valence-corrected chi connectivity index (χ2v) is 6.07. The van der Waals surface area contributed by atoms with Crippen molar-refractivity contribution in [3.05, 3.63) is 35.9 Å². The lowest BCUT2D eigenvalue weighted by atomic mass is 9.86. The van der Waals surface area contributed by atoms with Gasteiger partial charge in [-0.05, 0) is 24.8 Å². The third-order valence-electron chi connectivity index (χ3n) is 5.05. The molecule has 1 unspecified atom stereocenters. The standard InChI is InChI=1S/C18H30N2O/c1-4-18(5-2)15-19-17(16-10-7-6-8-11-16)14-20(18)12-9-13-21-3/h6-8,10-11,17,19H,4-5,9,12-15H2,1-3H3. The Bertz CT molecular complexity index is 403. The largest absolute Gasteiger partial charge is 0.385 e. The fourth-order valence-corrected chi connectivity index (χ4v) is 3.49. The maximum atomic E-state index is 5.24. The lowest BCUT2D eigenvalue weighted by molar-refractivity contribution is 0.0245. The molecule has 1 fully saturated rings. The van der Waals surface area contributed by atoms with Crippen molar-refractivity contribution >= 4 is 0 Å². The molecular formula is C18H30N2O. The Labute approximate surface area is 129 Å². The van der Waals surface area contributed by atoms with Crippen molar-refractivity contribution in [1.82, 2.24) is 10.2 Å². The van der Waals surface area contributed by atoms with Crippen LogP contribution >= 0.6 is 0 Å². The van der Waals surface area contributed by atoms with Crippen molar-refractivity contribution < 1.29 is 4.74 Å². The average molecular weight is 290 g/mol. The highest BCUT2D eigenvalue weighted by Crippen LogP contribution is 2.31. The van der Waals surface area contributed by atoms with E-state index in [1.165, 1.54) is 18.4 Å². The molecule has 21 heavy (non-hydrogen) atoms. The van der Waals surface area contributed by atoms with E-state index in [9.17, 15) is 0 Å². The Hall–Kier alpha value is -0.900. The first-order chi connectivity index (χ1) is 10.3. The third-order valence-corrected chi connectivity index (χ3v) is 5.05. The molecule has 1 atom stereocenters. The summed E-state index contributed by atoms with van der Waals surface area (Å²) in [5.74, 6) is 0. The van der Waals surface area contributed by atoms with E-state index in [0.29, 0.717) is 11.6 Å². The third kappa shape index (κ3) is 3.85. The molecule has 1 saturated heterocycles. The van der Waals surface area contributed by atoms with Crippen LogP contribution in [0.5, 0.6) is 0 Å². The van der Waals surface area contributed by atoms with Crippen molar-refractivity contribution in [2.24, 2.45) is 0 Å². The first-order valence-corrected chi connectivity index (χ1v) is 8.28. The fraction of sp³-hybridized carbons (Fsp3) is 0.667. The zero-order valence-corrected chi connectivity index (χ0v) is 13.8. The molecule has 1 aliphatic heterocycles. The first kappa shape index (κ1) is 16.5. The molecule has 1 aromatic carbocycles. The van der Waals surface area contributed by atoms with E-state index >= 15 is 0 Å². The van der Waals surface area contributed by atoms with Gasteiger partial charge in [0.25, 0.3) is 0 Å². The van der Waals surface area contributed by atoms with Crippen LogP contribution in [0.25, 0.3) is 0 Å². The summed E-state index contributed by atoms with van der Waals surface area (Å²) in [4.78, 5) is 2.69. The molecule has 1 N–H and O–H groups in total. The van der Waals surface area contributed by atoms with Crippen LogP contribution < -0.4 is 5.32 Å². The lowest BCUT2D eigenvalue weighted by Gasteiger charge is -2.50. The predicted molar refractivity (Wildman–Crippen MR) is 88.6 cm³/mol. The number of ether oxygens (including phenoxy) is 1. The molecule has 0 radical (unpaired) electrons. The van der Waals surface area contributed by atoms with Gasteiger partial charge in [0.2, 0.25) is 0 Å². The number of benzene rings is 1. The van der Waals surface area contributed by atoms with E-state index in [4.69, 9.17) is 4.74 Å². The molecule has 0 bridgehead atoms. The lowest BCUT2D eigenvalue weighted by Crippen LogP contribution is -2.61. The highest BCUT2D eigenvalue weighted by molar-refractivity contribution is 5.20. The van der Waals surface area contributed by atoms with E-state index < -0.39 is 0 Å². The first-order valence-electron chi connectivity index (χ1n) is 8.28. The van der Waals surface area contributed by atoms with Gasteiger partial charge in [0.05, 0.1) is 0 Å². The van der Waals surface area contributed by atoms with Gasteiger partial charge in [-0.3, -0.25) is 4.90 Å². The monoisotopic (exact) mass is 290 g/mol. The second kappa shape index (κ2) is 7.92. The highest BCUT2D eigenvalue weighted by atomic mass is 16.5. The minimum absolute atomic E-state index is 0.305. The van der Waals surface area contributed by atoms with E-state index in [0.717, 1.165) is 32.7 Å². The maximum Gasteiger partial charge on any atom is 0.0474 e. The fourth-order valence-electron chi connectivity index (χ4n) is 3.49. The summed E-state index contributed by atoms with van der Waals surface area (Å²) < 4.78 is 5.24. The van der Waals surface area contributed by atoms with Crippen LogP contribution in [0.15, 0.2) is 30.3 Å². The number of piperazine rings is 1. The summed E-state index contributed by atoms with van der Waals surface area (Å²) in [6.07, 6.45) is 3.51. The topological polar surface area (TPSA) is 24.5 Å². The van der Waals surface area contributed by atoms with Crippen LogP contribution in [0.4, 0.5) is 0 Å². The van der Waals surface area contributed by atoms with Crippen LogP contribution in [0.3, 0.4) is 0 Å². The Morgan fingerprint density at radius 1 is 1.24 bits per heavy atom. The molecule has 118 valence electrons. The van der Waals surface area contributed by atoms with Crippen molar-refractivity contribution in [2.45, 2.75) is 44.7 Å². The zero-order valence-electron chi connectivity index (χ0n) is 13.8. The van der Waals surface area contributed by atoms with E-state index in [1.54, 1.807) is 7.11 Å². The SMILES string of the molecule is CCC1(CC)CNC(c2ccccc2)CN1CCCOC. The Kier molecular flexibility index (Phi) is 6.22. The van der Waals surface area contributed by atoms with E-state index in [1.807, 2.05) is 0 Å². The van der Waals surface area contributed by atoms with Gasteiger partial charge in [0, 0.05) is 44.9 Å². The minimum Gasteiger partial charge on any atom is -0.385 e. The van der Waals surface area contributed by atoms with Crippen LogP contribution in [0.1, 0.15) is 44.7 Å². The smallest absolute Gasteiger partial charge is 0.0474 e. The molecule has 1 aliphatic rings. The molecule has 0 amide bonds. The van der Waals surface area contributed by atoms with E-state index in [2.05, 4.69) is 54.4 Å². The average Bonchev–Trinajstić information content (AvgIpc) is 2.56. The van der Waals surface area contributed by atoms with Crippen molar-refractivity contribution in [1.29, 1.82) is 0 Å². The summed E-state index contributed by atoms with van der Waals surface area (Å²) in [6.45, 7) is 8.78. The van der Waals surface area contributed by atoms with Crippen LogP contribution in [0.2, 0.25) is 0 Å². The molecule has 1 aromatic rings. The van der Waals surface area contributed by atoms with Gasteiger partial charge in [-0.1, -0.05) is 44.2 Å². The Morgan fingerprint density at radius 3 is 2.57 bits per heavy atom. The molecule has 3 nitrogen and oxygen atoms in total. The number of hydrogen-bond acceptors (Lipinski definition) is 3. The van der Waals surface area contributed by atoms with E-state index in [-0.39, 0.29) is 0 Å². The molecule has 3 heteroatoms. The summed E-state index contributed by atoms with van der Waals surface area (Å²) in [6, 6.07) is 11.3. The number of nitrogens with one attached hydrogen (secondary N) is 1. The van der Waals surface area contributed by atoms with Crippen LogP contribution in [0, 0.1) is 0 Å². The molecule has 1 heterocycles. The van der Waals surface area contributed by atoms with Crippen molar-refractivity contribution in [2.75, 3.05) is 33.4 Å². The number of hydrogen-bond donors (Lipinski definition) is 1. The number of rotatable bonds is 7. The van der Waals surface area contributed by atoms with Gasteiger partial charge in [0.1, 0.15) is 0 Å². The minimum atomic E-state index is 0.305. The van der Waals surface area contributed by atoms with Gasteiger partial charge in [-0.15, -0.1) is 0 Å². The van der Waals surface area contributed by atoms with Crippen molar-refractivity contribution in [3.8, 4) is 0 Å².